The smallest absolute Gasteiger partial charge is 0.262 e. The van der Waals surface area contributed by atoms with Gasteiger partial charge in [-0.1, -0.05) is 56.3 Å². The van der Waals surface area contributed by atoms with Crippen LogP contribution in [-0.2, 0) is 11.3 Å². The van der Waals surface area contributed by atoms with Gasteiger partial charge in [0.1, 0.15) is 23.1 Å². The molecule has 1 amide bonds. The molecule has 2 rings (SSSR count). The van der Waals surface area contributed by atoms with E-state index in [9.17, 15) is 9.90 Å². The molecule has 0 bridgehead atoms. The first-order chi connectivity index (χ1) is 13.1. The van der Waals surface area contributed by atoms with Crippen LogP contribution in [-0.4, -0.2) is 18.1 Å². The van der Waals surface area contributed by atoms with Crippen LogP contribution in [0.25, 0.3) is 6.08 Å². The van der Waals surface area contributed by atoms with Gasteiger partial charge in [0.15, 0.2) is 0 Å². The Morgan fingerprint density at radius 3 is 2.48 bits per heavy atom. The van der Waals surface area contributed by atoms with Crippen molar-refractivity contribution in [1.82, 2.24) is 5.32 Å². The number of phenols is 1. The SMILES string of the molecule is CC.COc1ccccc1CNC(=O)/C(C#N)=C/C=C/c1ccc(O)cc1. The van der Waals surface area contributed by atoms with Crippen LogP contribution in [0.1, 0.15) is 25.0 Å². The number of ether oxygens (including phenoxy) is 1. The number of amides is 1. The lowest BCUT2D eigenvalue weighted by Gasteiger charge is -2.08. The maximum atomic E-state index is 12.1. The Morgan fingerprint density at radius 1 is 1.19 bits per heavy atom. The maximum absolute atomic E-state index is 12.1. The molecule has 2 N–H and O–H groups in total. The predicted molar refractivity (Wildman–Crippen MR) is 107 cm³/mol. The quantitative estimate of drug-likeness (QED) is 0.457. The molecule has 0 aliphatic heterocycles. The molecule has 27 heavy (non-hydrogen) atoms. The number of nitrogens with one attached hydrogen (secondary N) is 1. The Balaban J connectivity index is 0.00000176. The summed E-state index contributed by atoms with van der Waals surface area (Å²) in [5, 5.41) is 21.1. The van der Waals surface area contributed by atoms with Gasteiger partial charge < -0.3 is 15.2 Å². The van der Waals surface area contributed by atoms with Crippen molar-refractivity contribution in [3.63, 3.8) is 0 Å². The number of rotatable bonds is 6. The fourth-order valence-electron chi connectivity index (χ4n) is 2.12. The molecule has 0 aromatic heterocycles. The van der Waals surface area contributed by atoms with Gasteiger partial charge in [0.05, 0.1) is 7.11 Å². The molecule has 2 aromatic carbocycles. The largest absolute Gasteiger partial charge is 0.508 e. The van der Waals surface area contributed by atoms with Crippen molar-refractivity contribution in [1.29, 1.82) is 5.26 Å². The maximum Gasteiger partial charge on any atom is 0.262 e. The van der Waals surface area contributed by atoms with E-state index in [2.05, 4.69) is 5.32 Å². The first kappa shape index (κ1) is 21.5. The van der Waals surface area contributed by atoms with Gasteiger partial charge in [-0.2, -0.15) is 5.26 Å². The summed E-state index contributed by atoms with van der Waals surface area (Å²) in [7, 11) is 1.56. The summed E-state index contributed by atoms with van der Waals surface area (Å²) in [4.78, 5) is 12.1. The van der Waals surface area contributed by atoms with Crippen molar-refractivity contribution in [2.75, 3.05) is 7.11 Å². The van der Waals surface area contributed by atoms with Crippen LogP contribution in [0.3, 0.4) is 0 Å². The Kier molecular flexibility index (Phi) is 9.51. The number of para-hydroxylation sites is 1. The summed E-state index contributed by atoms with van der Waals surface area (Å²) < 4.78 is 5.23. The monoisotopic (exact) mass is 364 g/mol. The van der Waals surface area contributed by atoms with Crippen LogP contribution in [0.4, 0.5) is 0 Å². The van der Waals surface area contributed by atoms with Crippen LogP contribution < -0.4 is 10.1 Å². The lowest BCUT2D eigenvalue weighted by Crippen LogP contribution is -2.24. The van der Waals surface area contributed by atoms with Gasteiger partial charge in [-0.25, -0.2) is 0 Å². The fourth-order valence-corrected chi connectivity index (χ4v) is 2.12. The number of allylic oxidation sites excluding steroid dienone is 2. The summed E-state index contributed by atoms with van der Waals surface area (Å²) in [6.45, 7) is 4.27. The standard InChI is InChI=1S/C20H18N2O3.C2H6/c1-25-19-8-3-2-6-17(19)14-22-20(24)16(13-21)7-4-5-15-9-11-18(23)12-10-15;1-2/h2-12,23H,14H2,1H3,(H,22,24);1-2H3/b5-4+,16-7+;. The van der Waals surface area contributed by atoms with Crippen molar-refractivity contribution in [3.05, 3.63) is 77.4 Å². The lowest BCUT2D eigenvalue weighted by molar-refractivity contribution is -0.117. The van der Waals surface area contributed by atoms with E-state index in [4.69, 9.17) is 10.00 Å². The number of phenolic OH excluding ortho intramolecular Hbond substituents is 1. The molecule has 0 aliphatic carbocycles. The minimum Gasteiger partial charge on any atom is -0.508 e. The van der Waals surface area contributed by atoms with Gasteiger partial charge in [-0.3, -0.25) is 4.79 Å². The Morgan fingerprint density at radius 2 is 1.85 bits per heavy atom. The summed E-state index contributed by atoms with van der Waals surface area (Å²) in [6.07, 6.45) is 4.81. The summed E-state index contributed by atoms with van der Waals surface area (Å²) in [5.74, 6) is 0.405. The van der Waals surface area contributed by atoms with E-state index >= 15 is 0 Å². The molecule has 0 saturated carbocycles. The number of methoxy groups -OCH3 is 1. The second kappa shape index (κ2) is 11.9. The van der Waals surface area contributed by atoms with Crippen molar-refractivity contribution in [2.45, 2.75) is 20.4 Å². The summed E-state index contributed by atoms with van der Waals surface area (Å²) >= 11 is 0. The third kappa shape index (κ3) is 7.09. The molecule has 5 heteroatoms. The highest BCUT2D eigenvalue weighted by Crippen LogP contribution is 2.16. The van der Waals surface area contributed by atoms with E-state index in [1.807, 2.05) is 44.2 Å². The number of carbonyl (C=O) groups is 1. The molecular formula is C22H24N2O3. The topological polar surface area (TPSA) is 82.3 Å². The van der Waals surface area contributed by atoms with E-state index in [1.165, 1.54) is 6.08 Å². The Labute approximate surface area is 160 Å². The molecule has 0 unspecified atom stereocenters. The molecule has 140 valence electrons. The van der Waals surface area contributed by atoms with Crippen molar-refractivity contribution in [2.24, 2.45) is 0 Å². The van der Waals surface area contributed by atoms with Crippen molar-refractivity contribution < 1.29 is 14.6 Å². The molecule has 0 fully saturated rings. The predicted octanol–water partition coefficient (Wildman–Crippen LogP) is 4.21. The molecule has 0 spiro atoms. The summed E-state index contributed by atoms with van der Waals surface area (Å²) in [5.41, 5.74) is 1.68. The molecule has 0 saturated heterocycles. The van der Waals surface area contributed by atoms with Gasteiger partial charge >= 0.3 is 0 Å². The van der Waals surface area contributed by atoms with Gasteiger partial charge in [0, 0.05) is 12.1 Å². The van der Waals surface area contributed by atoms with Crippen LogP contribution >= 0.6 is 0 Å². The molecule has 5 nitrogen and oxygen atoms in total. The number of hydrogen-bond acceptors (Lipinski definition) is 4. The van der Waals surface area contributed by atoms with E-state index in [0.717, 1.165) is 11.1 Å². The van der Waals surface area contributed by atoms with Crippen LogP contribution in [0.15, 0.2) is 66.3 Å². The average molecular weight is 364 g/mol. The van der Waals surface area contributed by atoms with Crippen molar-refractivity contribution >= 4 is 12.0 Å². The van der Waals surface area contributed by atoms with Crippen LogP contribution in [0, 0.1) is 11.3 Å². The second-order valence-corrected chi connectivity index (χ2v) is 5.14. The zero-order valence-electron chi connectivity index (χ0n) is 15.8. The number of hydrogen-bond donors (Lipinski definition) is 2. The molecule has 0 radical (unpaired) electrons. The molecular weight excluding hydrogens is 340 g/mol. The Hall–Kier alpha value is -3.52. The van der Waals surface area contributed by atoms with E-state index in [1.54, 1.807) is 43.5 Å². The third-order valence-electron chi connectivity index (χ3n) is 3.44. The second-order valence-electron chi connectivity index (χ2n) is 5.14. The van der Waals surface area contributed by atoms with E-state index in [-0.39, 0.29) is 17.9 Å². The molecule has 2 aromatic rings. The third-order valence-corrected chi connectivity index (χ3v) is 3.44. The van der Waals surface area contributed by atoms with E-state index < -0.39 is 5.91 Å². The molecule has 0 heterocycles. The summed E-state index contributed by atoms with van der Waals surface area (Å²) in [6, 6.07) is 15.8. The minimum absolute atomic E-state index is 0.00456. The highest BCUT2D eigenvalue weighted by molar-refractivity contribution is 5.97. The van der Waals surface area contributed by atoms with E-state index in [0.29, 0.717) is 5.75 Å². The number of benzene rings is 2. The number of aromatic hydroxyl groups is 1. The highest BCUT2D eigenvalue weighted by Gasteiger charge is 2.09. The first-order valence-electron chi connectivity index (χ1n) is 8.61. The average Bonchev–Trinajstić information content (AvgIpc) is 2.72. The molecule has 0 atom stereocenters. The zero-order valence-corrected chi connectivity index (χ0v) is 15.8. The number of nitrogens with zero attached hydrogens (tertiary/aromatic N) is 1. The van der Waals surface area contributed by atoms with Crippen LogP contribution in [0.2, 0.25) is 0 Å². The normalized spacial score (nSPS) is 10.5. The van der Waals surface area contributed by atoms with Gasteiger partial charge in [-0.15, -0.1) is 0 Å². The van der Waals surface area contributed by atoms with Gasteiger partial charge in [0.2, 0.25) is 0 Å². The van der Waals surface area contributed by atoms with Crippen molar-refractivity contribution in [3.8, 4) is 17.6 Å². The first-order valence-corrected chi connectivity index (χ1v) is 8.61. The van der Waals surface area contributed by atoms with Gasteiger partial charge in [-0.05, 0) is 29.8 Å². The minimum atomic E-state index is -0.455. The van der Waals surface area contributed by atoms with Gasteiger partial charge in [0.25, 0.3) is 5.91 Å². The fraction of sp³-hybridized carbons (Fsp3) is 0.182. The Bertz CT molecular complexity index is 831. The number of carbonyl (C=O) groups excluding carboxylic acids is 1. The number of nitriles is 1. The zero-order chi connectivity index (χ0) is 20.1. The highest BCUT2D eigenvalue weighted by atomic mass is 16.5. The molecule has 0 aliphatic rings. The van der Waals surface area contributed by atoms with Crippen LogP contribution in [0.5, 0.6) is 11.5 Å². The lowest BCUT2D eigenvalue weighted by atomic mass is 10.1.